The van der Waals surface area contributed by atoms with E-state index in [9.17, 15) is 0 Å². The maximum atomic E-state index is 5.90. The van der Waals surface area contributed by atoms with Gasteiger partial charge in [-0.05, 0) is 25.1 Å². The van der Waals surface area contributed by atoms with Crippen molar-refractivity contribution in [3.63, 3.8) is 0 Å². The maximum absolute atomic E-state index is 5.90. The number of fused-ring (bicyclic) bond motifs is 1. The summed E-state index contributed by atoms with van der Waals surface area (Å²) in [6.45, 7) is 3.48. The molecule has 1 N–H and O–H groups in total. The molecule has 0 amide bonds. The molecule has 4 nitrogen and oxygen atoms in total. The van der Waals surface area contributed by atoms with Gasteiger partial charge in [0.05, 0.1) is 20.3 Å². The van der Waals surface area contributed by atoms with E-state index in [0.717, 1.165) is 49.8 Å². The molecule has 1 saturated heterocycles. The second kappa shape index (κ2) is 5.06. The zero-order valence-corrected chi connectivity index (χ0v) is 10.7. The molecule has 2 heterocycles. The van der Waals surface area contributed by atoms with Gasteiger partial charge in [0, 0.05) is 24.4 Å². The normalized spacial score (nSPS) is 22.6. The van der Waals surface area contributed by atoms with E-state index in [4.69, 9.17) is 14.2 Å². The van der Waals surface area contributed by atoms with Gasteiger partial charge in [0.15, 0.2) is 11.5 Å². The lowest BCUT2D eigenvalue weighted by Gasteiger charge is -2.19. The van der Waals surface area contributed by atoms with E-state index in [-0.39, 0.29) is 0 Å². The van der Waals surface area contributed by atoms with Crippen LogP contribution in [0, 0.1) is 0 Å². The van der Waals surface area contributed by atoms with Crippen molar-refractivity contribution in [1.29, 1.82) is 0 Å². The molecular formula is C14H19NO3. The highest BCUT2D eigenvalue weighted by Crippen LogP contribution is 2.44. The van der Waals surface area contributed by atoms with Crippen LogP contribution < -0.4 is 19.5 Å². The zero-order valence-electron chi connectivity index (χ0n) is 10.7. The molecule has 0 aliphatic carbocycles. The lowest BCUT2D eigenvalue weighted by molar-refractivity contribution is 0.295. The van der Waals surface area contributed by atoms with Gasteiger partial charge in [-0.15, -0.1) is 0 Å². The number of hydrogen-bond acceptors (Lipinski definition) is 4. The van der Waals surface area contributed by atoms with E-state index in [1.807, 2.05) is 12.1 Å². The highest BCUT2D eigenvalue weighted by atomic mass is 16.5. The number of benzene rings is 1. The van der Waals surface area contributed by atoms with Crippen LogP contribution in [-0.2, 0) is 0 Å². The van der Waals surface area contributed by atoms with Gasteiger partial charge in [0.2, 0.25) is 0 Å². The van der Waals surface area contributed by atoms with E-state index in [0.29, 0.717) is 12.5 Å². The Labute approximate surface area is 107 Å². The van der Waals surface area contributed by atoms with Crippen molar-refractivity contribution in [2.75, 3.05) is 33.4 Å². The van der Waals surface area contributed by atoms with Crippen molar-refractivity contribution >= 4 is 0 Å². The first kappa shape index (κ1) is 11.7. The van der Waals surface area contributed by atoms with Crippen molar-refractivity contribution in [3.05, 3.63) is 17.7 Å². The van der Waals surface area contributed by atoms with Crippen LogP contribution in [0.5, 0.6) is 17.2 Å². The standard InChI is InChI=1S/C14H19NO3/c1-16-11-3-4-12-14(18-8-2-7-17-12)13(11)10-5-6-15-9-10/h3-4,10,15H,2,5-9H2,1H3. The second-order valence-corrected chi connectivity index (χ2v) is 4.75. The summed E-state index contributed by atoms with van der Waals surface area (Å²) in [5.74, 6) is 3.11. The van der Waals surface area contributed by atoms with Crippen LogP contribution in [0.3, 0.4) is 0 Å². The summed E-state index contributed by atoms with van der Waals surface area (Å²) in [5, 5.41) is 3.39. The van der Waals surface area contributed by atoms with Gasteiger partial charge < -0.3 is 19.5 Å². The largest absolute Gasteiger partial charge is 0.496 e. The third-order valence-electron chi connectivity index (χ3n) is 3.60. The SMILES string of the molecule is COc1ccc2c(c1C1CCNC1)OCCCO2. The Kier molecular flexibility index (Phi) is 3.28. The van der Waals surface area contributed by atoms with Crippen molar-refractivity contribution < 1.29 is 14.2 Å². The molecule has 0 bridgehead atoms. The predicted octanol–water partition coefficient (Wildman–Crippen LogP) is 1.93. The van der Waals surface area contributed by atoms with Crippen LogP contribution in [0.25, 0.3) is 0 Å². The average Bonchev–Trinajstić information content (AvgIpc) is 2.82. The number of ether oxygens (including phenoxy) is 3. The molecule has 0 saturated carbocycles. The molecule has 1 aromatic rings. The molecule has 98 valence electrons. The highest BCUT2D eigenvalue weighted by molar-refractivity contribution is 5.56. The fourth-order valence-corrected chi connectivity index (χ4v) is 2.70. The summed E-state index contributed by atoms with van der Waals surface area (Å²) < 4.78 is 17.2. The van der Waals surface area contributed by atoms with Gasteiger partial charge in [0.25, 0.3) is 0 Å². The summed E-state index contributed by atoms with van der Waals surface area (Å²) in [6.07, 6.45) is 2.05. The Hall–Kier alpha value is -1.42. The monoisotopic (exact) mass is 249 g/mol. The summed E-state index contributed by atoms with van der Waals surface area (Å²) in [4.78, 5) is 0. The molecule has 4 heteroatoms. The first-order valence-corrected chi connectivity index (χ1v) is 6.57. The topological polar surface area (TPSA) is 39.7 Å². The highest BCUT2D eigenvalue weighted by Gasteiger charge is 2.27. The van der Waals surface area contributed by atoms with Crippen molar-refractivity contribution in [2.24, 2.45) is 0 Å². The van der Waals surface area contributed by atoms with Gasteiger partial charge in [-0.2, -0.15) is 0 Å². The molecule has 0 radical (unpaired) electrons. The van der Waals surface area contributed by atoms with Gasteiger partial charge in [-0.25, -0.2) is 0 Å². The molecule has 1 aromatic carbocycles. The van der Waals surface area contributed by atoms with Crippen LogP contribution >= 0.6 is 0 Å². The van der Waals surface area contributed by atoms with E-state index < -0.39 is 0 Å². The molecule has 0 aromatic heterocycles. The fourth-order valence-electron chi connectivity index (χ4n) is 2.70. The fraction of sp³-hybridized carbons (Fsp3) is 0.571. The summed E-state index contributed by atoms with van der Waals surface area (Å²) >= 11 is 0. The minimum Gasteiger partial charge on any atom is -0.496 e. The minimum absolute atomic E-state index is 0.455. The third-order valence-corrected chi connectivity index (χ3v) is 3.60. The van der Waals surface area contributed by atoms with Gasteiger partial charge in [-0.1, -0.05) is 0 Å². The number of methoxy groups -OCH3 is 1. The molecule has 1 fully saturated rings. The van der Waals surface area contributed by atoms with Crippen LogP contribution in [-0.4, -0.2) is 33.4 Å². The van der Waals surface area contributed by atoms with Gasteiger partial charge in [-0.3, -0.25) is 0 Å². The zero-order chi connectivity index (χ0) is 12.4. The van der Waals surface area contributed by atoms with E-state index in [1.165, 1.54) is 5.56 Å². The summed E-state index contributed by atoms with van der Waals surface area (Å²) in [5.41, 5.74) is 1.17. The number of rotatable bonds is 2. The van der Waals surface area contributed by atoms with Crippen molar-refractivity contribution in [1.82, 2.24) is 5.32 Å². The van der Waals surface area contributed by atoms with E-state index >= 15 is 0 Å². The van der Waals surface area contributed by atoms with E-state index in [2.05, 4.69) is 5.32 Å². The number of hydrogen-bond donors (Lipinski definition) is 1. The lowest BCUT2D eigenvalue weighted by Crippen LogP contribution is -2.10. The molecule has 1 unspecified atom stereocenters. The Balaban J connectivity index is 2.06. The Morgan fingerprint density at radius 2 is 2.17 bits per heavy atom. The summed E-state index contributed by atoms with van der Waals surface area (Å²) in [7, 11) is 1.71. The smallest absolute Gasteiger partial charge is 0.168 e. The lowest BCUT2D eigenvalue weighted by atomic mass is 9.96. The molecule has 1 atom stereocenters. The molecule has 3 rings (SSSR count). The predicted molar refractivity (Wildman–Crippen MR) is 68.8 cm³/mol. The van der Waals surface area contributed by atoms with E-state index in [1.54, 1.807) is 7.11 Å². The Bertz CT molecular complexity index is 427. The number of nitrogens with one attached hydrogen (secondary N) is 1. The Morgan fingerprint density at radius 1 is 1.28 bits per heavy atom. The summed E-state index contributed by atoms with van der Waals surface area (Å²) in [6, 6.07) is 3.94. The van der Waals surface area contributed by atoms with Crippen molar-refractivity contribution in [2.45, 2.75) is 18.8 Å². The molecule has 18 heavy (non-hydrogen) atoms. The van der Waals surface area contributed by atoms with Crippen molar-refractivity contribution in [3.8, 4) is 17.2 Å². The average molecular weight is 249 g/mol. The molecule has 2 aliphatic heterocycles. The van der Waals surface area contributed by atoms with Gasteiger partial charge >= 0.3 is 0 Å². The quantitative estimate of drug-likeness (QED) is 0.869. The van der Waals surface area contributed by atoms with Crippen LogP contribution in [0.15, 0.2) is 12.1 Å². The molecule has 2 aliphatic rings. The van der Waals surface area contributed by atoms with Crippen LogP contribution in [0.2, 0.25) is 0 Å². The van der Waals surface area contributed by atoms with Crippen LogP contribution in [0.1, 0.15) is 24.3 Å². The Morgan fingerprint density at radius 3 is 2.94 bits per heavy atom. The van der Waals surface area contributed by atoms with Gasteiger partial charge in [0.1, 0.15) is 5.75 Å². The van der Waals surface area contributed by atoms with Crippen LogP contribution in [0.4, 0.5) is 0 Å². The third kappa shape index (κ3) is 2.01. The maximum Gasteiger partial charge on any atom is 0.168 e. The minimum atomic E-state index is 0.455. The second-order valence-electron chi connectivity index (χ2n) is 4.75. The first-order chi connectivity index (χ1) is 8.90. The first-order valence-electron chi connectivity index (χ1n) is 6.57. The molecular weight excluding hydrogens is 230 g/mol. The molecule has 0 spiro atoms.